The second-order valence-corrected chi connectivity index (χ2v) is 7.74. The molecular weight excluding hydrogens is 390 g/mol. The first kappa shape index (κ1) is 22.1. The molecule has 0 bridgehead atoms. The van der Waals surface area contributed by atoms with Gasteiger partial charge in [-0.25, -0.2) is 0 Å². The zero-order valence-corrected chi connectivity index (χ0v) is 17.9. The van der Waals surface area contributed by atoms with Crippen molar-refractivity contribution in [3.8, 4) is 16.9 Å². The molecular formula is C23H30ClNO4. The molecule has 1 fully saturated rings. The Balaban J connectivity index is 2.05. The SMILES string of the molecule is COCCCCC(O)(c1cccc(Cl)c1-c1cccc(OC)c1)[C@H]1CNCCO1. The van der Waals surface area contributed by atoms with Crippen LogP contribution in [-0.2, 0) is 15.1 Å². The maximum absolute atomic E-state index is 12.0. The summed E-state index contributed by atoms with van der Waals surface area (Å²) in [7, 11) is 3.33. The standard InChI is InChI=1S/C23H30ClNO4/c1-27-13-4-3-11-23(26,21-16-25-12-14-29-21)19-9-6-10-20(24)22(19)17-7-5-8-18(15-17)28-2/h5-10,15,21,25-26H,3-4,11-14,16H2,1-2H3/t21-,23?/m1/s1. The minimum absolute atomic E-state index is 0.360. The molecule has 2 N–H and O–H groups in total. The van der Waals surface area contributed by atoms with Crippen molar-refractivity contribution in [3.05, 3.63) is 53.1 Å². The number of nitrogens with one attached hydrogen (secondary N) is 1. The lowest BCUT2D eigenvalue weighted by Gasteiger charge is -2.40. The Morgan fingerprint density at radius 3 is 2.76 bits per heavy atom. The summed E-state index contributed by atoms with van der Waals surface area (Å²) in [6.07, 6.45) is 1.88. The third kappa shape index (κ3) is 5.11. The molecule has 158 valence electrons. The first-order chi connectivity index (χ1) is 14.1. The van der Waals surface area contributed by atoms with E-state index in [1.807, 2.05) is 42.5 Å². The predicted octanol–water partition coefficient (Wildman–Crippen LogP) is 4.01. The van der Waals surface area contributed by atoms with Gasteiger partial charge < -0.3 is 24.6 Å². The van der Waals surface area contributed by atoms with Gasteiger partial charge in [-0.15, -0.1) is 0 Å². The zero-order valence-electron chi connectivity index (χ0n) is 17.1. The monoisotopic (exact) mass is 419 g/mol. The lowest BCUT2D eigenvalue weighted by molar-refractivity contribution is -0.129. The molecule has 1 heterocycles. The molecule has 6 heteroatoms. The van der Waals surface area contributed by atoms with Crippen molar-refractivity contribution in [3.63, 3.8) is 0 Å². The molecule has 0 spiro atoms. The van der Waals surface area contributed by atoms with Crippen LogP contribution in [0.5, 0.6) is 5.75 Å². The van der Waals surface area contributed by atoms with Crippen molar-refractivity contribution in [2.75, 3.05) is 40.5 Å². The van der Waals surface area contributed by atoms with Crippen LogP contribution >= 0.6 is 11.6 Å². The molecule has 1 aliphatic heterocycles. The molecule has 5 nitrogen and oxygen atoms in total. The van der Waals surface area contributed by atoms with Crippen molar-refractivity contribution < 1.29 is 19.3 Å². The van der Waals surface area contributed by atoms with Gasteiger partial charge in [-0.05, 0) is 48.6 Å². The van der Waals surface area contributed by atoms with Crippen molar-refractivity contribution in [2.45, 2.75) is 31.0 Å². The summed E-state index contributed by atoms with van der Waals surface area (Å²) < 4.78 is 16.6. The highest BCUT2D eigenvalue weighted by Gasteiger charge is 2.41. The summed E-state index contributed by atoms with van der Waals surface area (Å²) in [6, 6.07) is 13.4. The fraction of sp³-hybridized carbons (Fsp3) is 0.478. The topological polar surface area (TPSA) is 60.0 Å². The molecule has 2 aromatic rings. The quantitative estimate of drug-likeness (QED) is 0.601. The highest BCUT2D eigenvalue weighted by atomic mass is 35.5. The van der Waals surface area contributed by atoms with Gasteiger partial charge in [0.15, 0.2) is 0 Å². The van der Waals surface area contributed by atoms with Gasteiger partial charge in [0.1, 0.15) is 17.5 Å². The van der Waals surface area contributed by atoms with Crippen molar-refractivity contribution in [1.29, 1.82) is 0 Å². The van der Waals surface area contributed by atoms with E-state index in [-0.39, 0.29) is 6.10 Å². The normalized spacial score (nSPS) is 19.0. The largest absolute Gasteiger partial charge is 0.497 e. The van der Waals surface area contributed by atoms with Crippen LogP contribution in [0.2, 0.25) is 5.02 Å². The van der Waals surface area contributed by atoms with Crippen LogP contribution in [0.1, 0.15) is 24.8 Å². The summed E-state index contributed by atoms with van der Waals surface area (Å²) in [6.45, 7) is 2.61. The summed E-state index contributed by atoms with van der Waals surface area (Å²) in [5, 5.41) is 15.9. The summed E-state index contributed by atoms with van der Waals surface area (Å²) in [4.78, 5) is 0. The van der Waals surface area contributed by atoms with Gasteiger partial charge in [0.2, 0.25) is 0 Å². The van der Waals surface area contributed by atoms with E-state index in [1.54, 1.807) is 14.2 Å². The van der Waals surface area contributed by atoms with Crippen LogP contribution in [0, 0.1) is 0 Å². The van der Waals surface area contributed by atoms with Crippen LogP contribution < -0.4 is 10.1 Å². The molecule has 29 heavy (non-hydrogen) atoms. The number of hydrogen-bond donors (Lipinski definition) is 2. The van der Waals surface area contributed by atoms with Crippen molar-refractivity contribution in [1.82, 2.24) is 5.32 Å². The van der Waals surface area contributed by atoms with Crippen LogP contribution in [0.25, 0.3) is 11.1 Å². The van der Waals surface area contributed by atoms with E-state index < -0.39 is 5.60 Å². The Morgan fingerprint density at radius 2 is 2.03 bits per heavy atom. The fourth-order valence-corrected chi connectivity index (χ4v) is 4.22. The van der Waals surface area contributed by atoms with E-state index in [0.29, 0.717) is 31.2 Å². The molecule has 0 aliphatic carbocycles. The molecule has 2 aromatic carbocycles. The van der Waals surface area contributed by atoms with E-state index in [9.17, 15) is 5.11 Å². The number of rotatable bonds is 9. The molecule has 0 amide bonds. The molecule has 0 saturated carbocycles. The maximum atomic E-state index is 12.0. The van der Waals surface area contributed by atoms with Gasteiger partial charge in [0.25, 0.3) is 0 Å². The number of benzene rings is 2. The summed E-state index contributed by atoms with van der Waals surface area (Å²) in [5.41, 5.74) is 1.33. The Labute approximate surface area is 177 Å². The average Bonchev–Trinajstić information content (AvgIpc) is 2.77. The smallest absolute Gasteiger partial charge is 0.119 e. The van der Waals surface area contributed by atoms with Crippen LogP contribution in [0.3, 0.4) is 0 Å². The number of aliphatic hydroxyl groups is 1. The average molecular weight is 420 g/mol. The minimum Gasteiger partial charge on any atom is -0.497 e. The van der Waals surface area contributed by atoms with Gasteiger partial charge in [-0.3, -0.25) is 0 Å². The van der Waals surface area contributed by atoms with Gasteiger partial charge in [-0.2, -0.15) is 0 Å². The van der Waals surface area contributed by atoms with Gasteiger partial charge in [-0.1, -0.05) is 35.9 Å². The number of halogens is 1. The Hall–Kier alpha value is -1.63. The van der Waals surface area contributed by atoms with E-state index in [1.165, 1.54) is 0 Å². The maximum Gasteiger partial charge on any atom is 0.119 e. The lowest BCUT2D eigenvalue weighted by atomic mass is 9.79. The van der Waals surface area contributed by atoms with Crippen LogP contribution in [0.4, 0.5) is 0 Å². The van der Waals surface area contributed by atoms with Gasteiger partial charge >= 0.3 is 0 Å². The second kappa shape index (κ2) is 10.4. The lowest BCUT2D eigenvalue weighted by Crippen LogP contribution is -2.51. The van der Waals surface area contributed by atoms with Crippen molar-refractivity contribution >= 4 is 11.6 Å². The number of unbranched alkanes of at least 4 members (excludes halogenated alkanes) is 1. The summed E-state index contributed by atoms with van der Waals surface area (Å²) >= 11 is 6.66. The highest BCUT2D eigenvalue weighted by Crippen LogP contribution is 2.42. The Bertz CT molecular complexity index is 794. The van der Waals surface area contributed by atoms with E-state index in [0.717, 1.165) is 41.8 Å². The first-order valence-corrected chi connectivity index (χ1v) is 10.4. The van der Waals surface area contributed by atoms with Crippen LogP contribution in [0.15, 0.2) is 42.5 Å². The van der Waals surface area contributed by atoms with Gasteiger partial charge in [0, 0.05) is 37.4 Å². The number of morpholine rings is 1. The van der Waals surface area contributed by atoms with Crippen molar-refractivity contribution in [2.24, 2.45) is 0 Å². The highest BCUT2D eigenvalue weighted by molar-refractivity contribution is 6.33. The fourth-order valence-electron chi connectivity index (χ4n) is 3.94. The molecule has 0 radical (unpaired) electrons. The van der Waals surface area contributed by atoms with E-state index in [2.05, 4.69) is 5.32 Å². The minimum atomic E-state index is -1.18. The molecule has 1 saturated heterocycles. The van der Waals surface area contributed by atoms with Gasteiger partial charge in [0.05, 0.1) is 13.7 Å². The second-order valence-electron chi connectivity index (χ2n) is 7.33. The number of methoxy groups -OCH3 is 2. The Morgan fingerprint density at radius 1 is 1.21 bits per heavy atom. The number of ether oxygens (including phenoxy) is 3. The molecule has 1 aliphatic rings. The first-order valence-electron chi connectivity index (χ1n) is 10.1. The predicted molar refractivity (Wildman–Crippen MR) is 116 cm³/mol. The molecule has 0 aromatic heterocycles. The molecule has 2 atom stereocenters. The third-order valence-corrected chi connectivity index (χ3v) is 5.77. The zero-order chi connectivity index (χ0) is 20.7. The van der Waals surface area contributed by atoms with E-state index in [4.69, 9.17) is 25.8 Å². The Kier molecular flexibility index (Phi) is 7.92. The van der Waals surface area contributed by atoms with E-state index >= 15 is 0 Å². The third-order valence-electron chi connectivity index (χ3n) is 5.46. The molecule has 1 unspecified atom stereocenters. The summed E-state index contributed by atoms with van der Waals surface area (Å²) in [5.74, 6) is 0.743. The molecule has 3 rings (SSSR count). The van der Waals surface area contributed by atoms with Crippen LogP contribution in [-0.4, -0.2) is 51.7 Å². The number of hydrogen-bond acceptors (Lipinski definition) is 5.